The Morgan fingerprint density at radius 1 is 1.03 bits per heavy atom. The van der Waals surface area contributed by atoms with E-state index in [1.807, 2.05) is 48.4 Å². The molecule has 1 fully saturated rings. The van der Waals surface area contributed by atoms with Crippen molar-refractivity contribution in [2.75, 3.05) is 25.5 Å². The third-order valence-corrected chi connectivity index (χ3v) is 6.79. The second kappa shape index (κ2) is 9.86. The van der Waals surface area contributed by atoms with Gasteiger partial charge in [-0.25, -0.2) is 4.79 Å². The van der Waals surface area contributed by atoms with Crippen LogP contribution in [0.4, 0.5) is 10.5 Å². The van der Waals surface area contributed by atoms with Gasteiger partial charge in [-0.05, 0) is 71.7 Å². The first-order valence-corrected chi connectivity index (χ1v) is 12.0. The highest BCUT2D eigenvalue weighted by Gasteiger charge is 2.33. The van der Waals surface area contributed by atoms with Crippen LogP contribution < -0.4 is 10.6 Å². The van der Waals surface area contributed by atoms with Gasteiger partial charge in [0.15, 0.2) is 0 Å². The summed E-state index contributed by atoms with van der Waals surface area (Å²) in [6.07, 6.45) is 6.24. The number of nitrogens with zero attached hydrogens (tertiary/aromatic N) is 3. The summed E-state index contributed by atoms with van der Waals surface area (Å²) in [5.41, 5.74) is 6.05. The summed E-state index contributed by atoms with van der Waals surface area (Å²) in [5, 5.41) is 5.68. The predicted molar refractivity (Wildman–Crippen MR) is 139 cm³/mol. The largest absolute Gasteiger partial charge is 0.354 e. The third-order valence-electron chi connectivity index (χ3n) is 6.79. The smallest absolute Gasteiger partial charge is 0.321 e. The average molecular weight is 472 g/mol. The first-order chi connectivity index (χ1) is 16.7. The summed E-state index contributed by atoms with van der Waals surface area (Å²) < 4.78 is 0. The fourth-order valence-corrected chi connectivity index (χ4v) is 4.47. The Balaban J connectivity index is 1.56. The highest BCUT2D eigenvalue weighted by Crippen LogP contribution is 2.34. The fraction of sp³-hybridized carbons (Fsp3) is 0.357. The number of carbonyl (C=O) groups excluding carboxylic acids is 2. The Bertz CT molecular complexity index is 1250. The van der Waals surface area contributed by atoms with Crippen molar-refractivity contribution in [3.8, 4) is 22.3 Å². The van der Waals surface area contributed by atoms with Gasteiger partial charge in [0.05, 0.1) is 0 Å². The number of benzene rings is 1. The molecule has 1 aliphatic rings. The molecule has 1 atom stereocenters. The van der Waals surface area contributed by atoms with E-state index >= 15 is 0 Å². The monoisotopic (exact) mass is 471 g/mol. The van der Waals surface area contributed by atoms with Crippen LogP contribution in [0.25, 0.3) is 22.3 Å². The number of anilines is 1. The molecule has 0 spiro atoms. The second-order valence-corrected chi connectivity index (χ2v) is 10.2. The van der Waals surface area contributed by atoms with Crippen LogP contribution in [0.1, 0.15) is 43.2 Å². The summed E-state index contributed by atoms with van der Waals surface area (Å²) >= 11 is 0. The zero-order chi connectivity index (χ0) is 25.2. The van der Waals surface area contributed by atoms with Gasteiger partial charge in [0.2, 0.25) is 0 Å². The summed E-state index contributed by atoms with van der Waals surface area (Å²) in [6, 6.07) is 11.5. The minimum Gasteiger partial charge on any atom is -0.354 e. The van der Waals surface area contributed by atoms with E-state index in [-0.39, 0.29) is 17.4 Å². The molecular formula is C28H33N5O2. The molecule has 35 heavy (non-hydrogen) atoms. The van der Waals surface area contributed by atoms with Crippen LogP contribution in [0, 0.1) is 18.3 Å². The Hall–Kier alpha value is -3.74. The van der Waals surface area contributed by atoms with Crippen molar-refractivity contribution in [2.24, 2.45) is 11.3 Å². The number of nitrogens with one attached hydrogen (secondary N) is 2. The van der Waals surface area contributed by atoms with E-state index < -0.39 is 0 Å². The summed E-state index contributed by atoms with van der Waals surface area (Å²) in [5.74, 6) is 0.273. The van der Waals surface area contributed by atoms with Crippen molar-refractivity contribution >= 4 is 17.6 Å². The van der Waals surface area contributed by atoms with Gasteiger partial charge in [-0.2, -0.15) is 0 Å². The topological polar surface area (TPSA) is 87.2 Å². The summed E-state index contributed by atoms with van der Waals surface area (Å²) in [6.45, 7) is 10.3. The number of rotatable bonds is 4. The molecule has 7 nitrogen and oxygen atoms in total. The van der Waals surface area contributed by atoms with Crippen molar-refractivity contribution in [1.29, 1.82) is 0 Å². The number of carbonyl (C=O) groups is 2. The minimum atomic E-state index is -0.234. The maximum absolute atomic E-state index is 12.9. The molecule has 0 bridgehead atoms. The maximum atomic E-state index is 12.9. The van der Waals surface area contributed by atoms with E-state index in [9.17, 15) is 9.59 Å². The van der Waals surface area contributed by atoms with Gasteiger partial charge in [0, 0.05) is 55.5 Å². The lowest BCUT2D eigenvalue weighted by Crippen LogP contribution is -2.34. The minimum absolute atomic E-state index is 0.0584. The van der Waals surface area contributed by atoms with Crippen LogP contribution >= 0.6 is 0 Å². The molecule has 1 aliphatic heterocycles. The Morgan fingerprint density at radius 2 is 1.80 bits per heavy atom. The molecule has 1 aromatic carbocycles. The van der Waals surface area contributed by atoms with E-state index in [1.54, 1.807) is 25.5 Å². The Labute approximate surface area is 207 Å². The first-order valence-electron chi connectivity index (χ1n) is 12.0. The van der Waals surface area contributed by atoms with Gasteiger partial charge in [-0.15, -0.1) is 0 Å². The first kappa shape index (κ1) is 24.4. The summed E-state index contributed by atoms with van der Waals surface area (Å²) in [4.78, 5) is 35.4. The number of hydrogen-bond donors (Lipinski definition) is 2. The van der Waals surface area contributed by atoms with Crippen LogP contribution in [-0.4, -0.2) is 46.9 Å². The van der Waals surface area contributed by atoms with Gasteiger partial charge in [0.1, 0.15) is 5.69 Å². The molecule has 0 saturated carbocycles. The molecule has 2 N–H and O–H groups in total. The normalized spacial score (nSPS) is 15.7. The van der Waals surface area contributed by atoms with Gasteiger partial charge >= 0.3 is 6.03 Å². The van der Waals surface area contributed by atoms with E-state index in [0.717, 1.165) is 53.0 Å². The lowest BCUT2D eigenvalue weighted by atomic mass is 9.80. The van der Waals surface area contributed by atoms with Crippen LogP contribution in [0.15, 0.2) is 55.0 Å². The quantitative estimate of drug-likeness (QED) is 0.535. The van der Waals surface area contributed by atoms with E-state index in [2.05, 4.69) is 41.4 Å². The zero-order valence-electron chi connectivity index (χ0n) is 21.1. The number of aryl methyl sites for hydroxylation is 1. The molecule has 0 aliphatic carbocycles. The van der Waals surface area contributed by atoms with Crippen molar-refractivity contribution in [3.05, 3.63) is 66.2 Å². The van der Waals surface area contributed by atoms with Crippen LogP contribution in [-0.2, 0) is 0 Å². The van der Waals surface area contributed by atoms with Crippen LogP contribution in [0.5, 0.6) is 0 Å². The van der Waals surface area contributed by atoms with Gasteiger partial charge in [0.25, 0.3) is 5.91 Å². The molecule has 4 rings (SSSR count). The van der Waals surface area contributed by atoms with E-state index in [0.29, 0.717) is 11.6 Å². The van der Waals surface area contributed by atoms with Crippen molar-refractivity contribution in [3.63, 3.8) is 0 Å². The van der Waals surface area contributed by atoms with Crippen molar-refractivity contribution in [2.45, 2.75) is 34.1 Å². The van der Waals surface area contributed by atoms with Crippen LogP contribution in [0.3, 0.4) is 0 Å². The zero-order valence-corrected chi connectivity index (χ0v) is 21.1. The fourth-order valence-electron chi connectivity index (χ4n) is 4.47. The van der Waals surface area contributed by atoms with Gasteiger partial charge < -0.3 is 15.5 Å². The molecule has 182 valence electrons. The lowest BCUT2D eigenvalue weighted by molar-refractivity contribution is 0.0958. The molecule has 2 aromatic heterocycles. The van der Waals surface area contributed by atoms with E-state index in [4.69, 9.17) is 0 Å². The van der Waals surface area contributed by atoms with Gasteiger partial charge in [-0.1, -0.05) is 26.8 Å². The number of hydrogen-bond acceptors (Lipinski definition) is 4. The van der Waals surface area contributed by atoms with Crippen molar-refractivity contribution in [1.82, 2.24) is 20.2 Å². The Morgan fingerprint density at radius 3 is 2.51 bits per heavy atom. The summed E-state index contributed by atoms with van der Waals surface area (Å²) in [7, 11) is 1.58. The average Bonchev–Trinajstić information content (AvgIpc) is 3.36. The highest BCUT2D eigenvalue weighted by atomic mass is 16.2. The maximum Gasteiger partial charge on any atom is 0.321 e. The van der Waals surface area contributed by atoms with Gasteiger partial charge in [-0.3, -0.25) is 14.8 Å². The molecule has 3 heterocycles. The third kappa shape index (κ3) is 5.50. The number of urea groups is 1. The number of likely N-dealkylation sites (tertiary alicyclic amines) is 1. The van der Waals surface area contributed by atoms with E-state index in [1.165, 1.54) is 0 Å². The highest BCUT2D eigenvalue weighted by molar-refractivity contribution is 5.93. The molecular weight excluding hydrogens is 438 g/mol. The molecule has 3 amide bonds. The molecule has 1 saturated heterocycles. The predicted octanol–water partition coefficient (Wildman–Crippen LogP) is 5.38. The molecule has 7 heteroatoms. The van der Waals surface area contributed by atoms with Crippen molar-refractivity contribution < 1.29 is 9.59 Å². The molecule has 0 radical (unpaired) electrons. The number of amides is 3. The number of pyridine rings is 2. The second-order valence-electron chi connectivity index (χ2n) is 10.2. The SMILES string of the molecule is CNC(=O)c1cc(-c2cncc(-c3cc(NC(=O)N4CC[C@H](C(C)(C)C)C4)ccc3C)c2)ccn1. The number of aromatic nitrogens is 2. The lowest BCUT2D eigenvalue weighted by Gasteiger charge is -2.27. The standard InChI is InChI=1S/C28H33N5O2/c1-18-6-7-23(32-27(35)33-11-9-22(17-33)28(2,3)4)14-24(18)21-12-20(15-30-16-21)19-8-10-31-25(13-19)26(34)29-5/h6-8,10,12-16,22H,9,11,17H2,1-5H3,(H,29,34)(H,32,35)/t22-/m0/s1. The Kier molecular flexibility index (Phi) is 6.87. The molecule has 3 aromatic rings. The molecule has 0 unspecified atom stereocenters. The van der Waals surface area contributed by atoms with Crippen LogP contribution in [0.2, 0.25) is 0 Å².